The van der Waals surface area contributed by atoms with Gasteiger partial charge in [-0.25, -0.2) is 9.89 Å². The third-order valence-electron chi connectivity index (χ3n) is 4.94. The number of hydrogen-bond donors (Lipinski definition) is 2. The highest BCUT2D eigenvalue weighted by atomic mass is 32.1. The Morgan fingerprint density at radius 3 is 2.73 bits per heavy atom. The van der Waals surface area contributed by atoms with Gasteiger partial charge in [0, 0.05) is 10.9 Å². The SMILES string of the molecule is COc1cccc2cc(-c3n[nH]c(=S)n3/N=C\c3ccc(-c4ccc(C(=O)O)cc4)o3)oc12. The van der Waals surface area contributed by atoms with E-state index < -0.39 is 5.97 Å². The molecule has 0 aliphatic carbocycles. The number of methoxy groups -OCH3 is 1. The molecule has 164 valence electrons. The lowest BCUT2D eigenvalue weighted by Crippen LogP contribution is -1.94. The van der Waals surface area contributed by atoms with Gasteiger partial charge in [-0.2, -0.15) is 9.78 Å². The molecule has 3 heterocycles. The van der Waals surface area contributed by atoms with Gasteiger partial charge in [-0.1, -0.05) is 24.3 Å². The number of aromatic amines is 1. The first kappa shape index (κ1) is 20.5. The minimum absolute atomic E-state index is 0.206. The van der Waals surface area contributed by atoms with Crippen molar-refractivity contribution in [2.24, 2.45) is 5.10 Å². The first-order chi connectivity index (χ1) is 16.0. The molecule has 9 nitrogen and oxygen atoms in total. The zero-order valence-electron chi connectivity index (χ0n) is 17.2. The van der Waals surface area contributed by atoms with Gasteiger partial charge in [-0.3, -0.25) is 0 Å². The number of aromatic carboxylic acids is 1. The van der Waals surface area contributed by atoms with Crippen LogP contribution in [-0.4, -0.2) is 39.3 Å². The molecule has 0 unspecified atom stereocenters. The van der Waals surface area contributed by atoms with Crippen LogP contribution < -0.4 is 4.74 Å². The highest BCUT2D eigenvalue weighted by Gasteiger charge is 2.16. The van der Waals surface area contributed by atoms with Crippen molar-refractivity contribution in [2.45, 2.75) is 0 Å². The van der Waals surface area contributed by atoms with Gasteiger partial charge < -0.3 is 18.7 Å². The van der Waals surface area contributed by atoms with E-state index in [-0.39, 0.29) is 10.3 Å². The predicted molar refractivity (Wildman–Crippen MR) is 123 cm³/mol. The molecule has 0 aliphatic rings. The van der Waals surface area contributed by atoms with E-state index >= 15 is 0 Å². The van der Waals surface area contributed by atoms with Crippen LogP contribution in [0.15, 0.2) is 74.6 Å². The lowest BCUT2D eigenvalue weighted by atomic mass is 10.1. The fraction of sp³-hybridized carbons (Fsp3) is 0.0435. The predicted octanol–water partition coefficient (Wildman–Crippen LogP) is 5.20. The summed E-state index contributed by atoms with van der Waals surface area (Å²) in [5, 5.41) is 21.3. The maximum Gasteiger partial charge on any atom is 0.335 e. The third kappa shape index (κ3) is 3.83. The van der Waals surface area contributed by atoms with Crippen LogP contribution in [0.4, 0.5) is 0 Å². The second-order valence-corrected chi connectivity index (χ2v) is 7.37. The van der Waals surface area contributed by atoms with Crippen molar-refractivity contribution in [1.29, 1.82) is 0 Å². The molecule has 10 heteroatoms. The largest absolute Gasteiger partial charge is 0.493 e. The van der Waals surface area contributed by atoms with Gasteiger partial charge in [-0.05, 0) is 48.6 Å². The quantitative estimate of drug-likeness (QED) is 0.264. The Balaban J connectivity index is 1.44. The topological polar surface area (TPSA) is 119 Å². The van der Waals surface area contributed by atoms with Crippen molar-refractivity contribution >= 4 is 35.4 Å². The number of H-pyrrole nitrogens is 1. The number of carboxylic acid groups (broad SMARTS) is 1. The van der Waals surface area contributed by atoms with Crippen LogP contribution in [-0.2, 0) is 0 Å². The van der Waals surface area contributed by atoms with Crippen molar-refractivity contribution in [3.05, 3.63) is 76.8 Å². The highest BCUT2D eigenvalue weighted by molar-refractivity contribution is 7.71. The van der Waals surface area contributed by atoms with Crippen LogP contribution in [0.2, 0.25) is 0 Å². The monoisotopic (exact) mass is 460 g/mol. The molecule has 0 saturated heterocycles. The number of rotatable bonds is 6. The van der Waals surface area contributed by atoms with E-state index in [1.54, 1.807) is 31.4 Å². The molecule has 0 aliphatic heterocycles. The molecule has 3 aromatic heterocycles. The first-order valence-corrected chi connectivity index (χ1v) is 10.2. The lowest BCUT2D eigenvalue weighted by Gasteiger charge is -1.99. The van der Waals surface area contributed by atoms with Gasteiger partial charge in [0.25, 0.3) is 0 Å². The maximum atomic E-state index is 11.0. The summed E-state index contributed by atoms with van der Waals surface area (Å²) in [6.45, 7) is 0. The minimum Gasteiger partial charge on any atom is -0.493 e. The number of para-hydroxylation sites is 1. The Morgan fingerprint density at radius 2 is 1.97 bits per heavy atom. The molecular formula is C23H16N4O5S. The number of nitrogens with zero attached hydrogens (tertiary/aromatic N) is 3. The molecular weight excluding hydrogens is 444 g/mol. The summed E-state index contributed by atoms with van der Waals surface area (Å²) in [6, 6.07) is 17.4. The summed E-state index contributed by atoms with van der Waals surface area (Å²) in [5.41, 5.74) is 1.55. The summed E-state index contributed by atoms with van der Waals surface area (Å²) in [5.74, 6) is 1.55. The van der Waals surface area contributed by atoms with Crippen LogP contribution in [0.1, 0.15) is 16.1 Å². The summed E-state index contributed by atoms with van der Waals surface area (Å²) < 4.78 is 18.8. The fourth-order valence-corrected chi connectivity index (χ4v) is 3.51. The first-order valence-electron chi connectivity index (χ1n) is 9.76. The van der Waals surface area contributed by atoms with Crippen LogP contribution >= 0.6 is 12.2 Å². The minimum atomic E-state index is -0.982. The maximum absolute atomic E-state index is 11.0. The average molecular weight is 460 g/mol. The summed E-state index contributed by atoms with van der Waals surface area (Å²) in [4.78, 5) is 11.0. The van der Waals surface area contributed by atoms with Gasteiger partial charge in [0.1, 0.15) is 11.5 Å². The van der Waals surface area contributed by atoms with Crippen LogP contribution in [0.5, 0.6) is 5.75 Å². The molecule has 0 radical (unpaired) electrons. The van der Waals surface area contributed by atoms with E-state index in [0.29, 0.717) is 34.4 Å². The molecule has 2 aromatic carbocycles. The van der Waals surface area contributed by atoms with Crippen LogP contribution in [0.3, 0.4) is 0 Å². The van der Waals surface area contributed by atoms with E-state index in [1.165, 1.54) is 23.0 Å². The van der Waals surface area contributed by atoms with Crippen molar-refractivity contribution < 1.29 is 23.5 Å². The Labute approximate surface area is 191 Å². The number of hydrogen-bond acceptors (Lipinski definition) is 7. The number of carbonyl (C=O) groups is 1. The number of fused-ring (bicyclic) bond motifs is 1. The zero-order valence-corrected chi connectivity index (χ0v) is 18.0. The van der Waals surface area contributed by atoms with Gasteiger partial charge in [0.2, 0.25) is 10.6 Å². The smallest absolute Gasteiger partial charge is 0.335 e. The standard InChI is InChI=1S/C23H16N4O5S/c1-30-18-4-2-3-15-11-19(32-20(15)18)21-25-26-23(33)27(21)24-12-16-9-10-17(31-16)13-5-7-14(8-6-13)22(28)29/h2-12H,1H3,(H,26,33)(H,28,29)/b24-12-. The molecule has 2 N–H and O–H groups in total. The molecule has 0 spiro atoms. The second kappa shape index (κ2) is 8.24. The Bertz CT molecular complexity index is 1560. The zero-order chi connectivity index (χ0) is 22.9. The summed E-state index contributed by atoms with van der Waals surface area (Å²) >= 11 is 5.32. The number of carboxylic acids is 1. The third-order valence-corrected chi connectivity index (χ3v) is 5.21. The van der Waals surface area contributed by atoms with Crippen LogP contribution in [0.25, 0.3) is 33.9 Å². The molecule has 0 atom stereocenters. The molecule has 5 rings (SSSR count). The van der Waals surface area contributed by atoms with E-state index in [0.717, 1.165) is 10.9 Å². The summed E-state index contributed by atoms with van der Waals surface area (Å²) in [6.07, 6.45) is 1.51. The Morgan fingerprint density at radius 1 is 1.15 bits per heavy atom. The fourth-order valence-electron chi connectivity index (χ4n) is 3.33. The highest BCUT2D eigenvalue weighted by Crippen LogP contribution is 2.32. The lowest BCUT2D eigenvalue weighted by molar-refractivity contribution is 0.0697. The van der Waals surface area contributed by atoms with Crippen LogP contribution in [0, 0.1) is 4.77 Å². The van der Waals surface area contributed by atoms with Crippen molar-refractivity contribution in [3.63, 3.8) is 0 Å². The molecule has 0 amide bonds. The number of benzene rings is 2. The van der Waals surface area contributed by atoms with Gasteiger partial charge in [-0.15, -0.1) is 5.10 Å². The molecule has 0 saturated carbocycles. The van der Waals surface area contributed by atoms with E-state index in [2.05, 4.69) is 15.3 Å². The molecule has 33 heavy (non-hydrogen) atoms. The van der Waals surface area contributed by atoms with Gasteiger partial charge in [0.15, 0.2) is 17.1 Å². The van der Waals surface area contributed by atoms with Crippen molar-refractivity contribution in [2.75, 3.05) is 7.11 Å². The second-order valence-electron chi connectivity index (χ2n) is 6.98. The van der Waals surface area contributed by atoms with E-state index in [4.69, 9.17) is 30.9 Å². The van der Waals surface area contributed by atoms with E-state index in [1.807, 2.05) is 24.3 Å². The van der Waals surface area contributed by atoms with E-state index in [9.17, 15) is 4.79 Å². The molecule has 0 bridgehead atoms. The van der Waals surface area contributed by atoms with Crippen molar-refractivity contribution in [3.8, 4) is 28.7 Å². The number of furan rings is 2. The van der Waals surface area contributed by atoms with Gasteiger partial charge in [0.05, 0.1) is 18.9 Å². The normalized spacial score (nSPS) is 11.4. The number of ether oxygens (including phenoxy) is 1. The molecule has 5 aromatic rings. The Kier molecular flexibility index (Phi) is 5.11. The summed E-state index contributed by atoms with van der Waals surface area (Å²) in [7, 11) is 1.58. The number of aromatic nitrogens is 3. The average Bonchev–Trinajstić information content (AvgIpc) is 3.55. The Hall–Kier alpha value is -4.44. The van der Waals surface area contributed by atoms with Crippen molar-refractivity contribution in [1.82, 2.24) is 14.9 Å². The number of nitrogens with one attached hydrogen (secondary N) is 1. The molecule has 0 fully saturated rings. The van der Waals surface area contributed by atoms with Gasteiger partial charge >= 0.3 is 5.97 Å².